The van der Waals surface area contributed by atoms with Gasteiger partial charge in [0, 0.05) is 147 Å². The van der Waals surface area contributed by atoms with Crippen molar-refractivity contribution in [1.29, 1.82) is 0 Å². The Morgan fingerprint density at radius 1 is 0.448 bits per heavy atom. The molecule has 452 valence electrons. The molecule has 4 aliphatic rings. The molecule has 5 aromatic carbocycles. The lowest BCUT2D eigenvalue weighted by Gasteiger charge is -2.25. The normalized spacial score (nSPS) is 18.1. The van der Waals surface area contributed by atoms with Crippen molar-refractivity contribution in [3.05, 3.63) is 194 Å². The van der Waals surface area contributed by atoms with Crippen LogP contribution in [-0.4, -0.2) is 52.7 Å². The zero-order valence-corrected chi connectivity index (χ0v) is 57.9. The van der Waals surface area contributed by atoms with E-state index < -0.39 is 11.9 Å². The van der Waals surface area contributed by atoms with Crippen molar-refractivity contribution in [2.45, 2.75) is 97.8 Å². The van der Waals surface area contributed by atoms with Gasteiger partial charge in [-0.1, -0.05) is 138 Å². The van der Waals surface area contributed by atoms with E-state index in [1.54, 1.807) is 12.2 Å². The number of likely N-dealkylation sites (N-methyl/N-ethyl adjacent to an activating group) is 4. The second-order valence-electron chi connectivity index (χ2n) is 24.4. The fourth-order valence-corrected chi connectivity index (χ4v) is 16.0. The highest BCUT2D eigenvalue weighted by atomic mass is 127. The molecule has 16 heteroatoms. The number of allylic oxidation sites excluding steroid dienone is 10. The minimum absolute atomic E-state index is 0. The van der Waals surface area contributed by atoms with Crippen LogP contribution in [0.3, 0.4) is 0 Å². The van der Waals surface area contributed by atoms with Crippen LogP contribution in [0.4, 0.5) is 22.7 Å². The van der Waals surface area contributed by atoms with Crippen LogP contribution in [0.15, 0.2) is 156 Å². The number of halogens is 1. The number of carbonyl (C=O) groups excluding carboxylic acids is 4. The van der Waals surface area contributed by atoms with E-state index in [0.717, 1.165) is 35.3 Å². The van der Waals surface area contributed by atoms with Crippen LogP contribution in [0.1, 0.15) is 107 Å². The minimum Gasteiger partial charge on any atom is -1.00 e. The van der Waals surface area contributed by atoms with Crippen molar-refractivity contribution < 1.29 is 61.6 Å². The summed E-state index contributed by atoms with van der Waals surface area (Å²) >= 11 is 5.51. The molecule has 0 spiro atoms. The lowest BCUT2D eigenvalue weighted by atomic mass is 9.80. The van der Waals surface area contributed by atoms with Crippen molar-refractivity contribution >= 4 is 124 Å². The molecular formula is C71H80IN7O5S3+2. The van der Waals surface area contributed by atoms with Gasteiger partial charge in [-0.3, -0.25) is 19.2 Å². The summed E-state index contributed by atoms with van der Waals surface area (Å²) in [6.07, 6.45) is 18.5. The number of rotatable bonds is 6. The molecule has 3 aromatic heterocycles. The second kappa shape index (κ2) is 25.4. The SMILES string of the molecule is CC(=O)OC(C)=O.CN1/C(=C\C=O)C(C)(C)c2cc3c(cc21)C(C)(C)/C(=C/C=O)N3C.CN1C(=CC=Cc2sc3ccccc3[n+]2C)C(C)(C)c2cc3c(cc21)C(C)(C)C(=CC=Cc1sc2ccccc2[n+]1C)N3C.Cc1sc2ccccc2[n+]1C.[I-]. The Hall–Kier alpha value is -7.38. The fraction of sp³-hybridized carbons (Fsp3) is 0.310. The van der Waals surface area contributed by atoms with E-state index in [9.17, 15) is 19.2 Å². The third-order valence-corrected chi connectivity index (χ3v) is 21.1. The zero-order valence-electron chi connectivity index (χ0n) is 53.3. The average Bonchev–Trinajstić information content (AvgIpc) is 1.57. The lowest BCUT2D eigenvalue weighted by Crippen LogP contribution is -3.00. The van der Waals surface area contributed by atoms with Crippen LogP contribution < -0.4 is 57.3 Å². The number of aldehydes is 2. The summed E-state index contributed by atoms with van der Waals surface area (Å²) in [6.45, 7) is 22.5. The number of anilines is 4. The van der Waals surface area contributed by atoms with Gasteiger partial charge in [0.1, 0.15) is 47.8 Å². The van der Waals surface area contributed by atoms with Crippen molar-refractivity contribution in [3.63, 3.8) is 0 Å². The number of esters is 2. The topological polar surface area (TPSA) is 102 Å². The van der Waals surface area contributed by atoms with Crippen molar-refractivity contribution in [1.82, 2.24) is 0 Å². The van der Waals surface area contributed by atoms with Crippen molar-refractivity contribution in [2.75, 3.05) is 47.8 Å². The van der Waals surface area contributed by atoms with Crippen LogP contribution in [-0.2, 0) is 66.7 Å². The van der Waals surface area contributed by atoms with Gasteiger partial charge in [-0.15, -0.1) is 0 Å². The molecule has 0 radical (unpaired) electrons. The van der Waals surface area contributed by atoms with E-state index in [2.05, 4.69) is 269 Å². The summed E-state index contributed by atoms with van der Waals surface area (Å²) in [6, 6.07) is 35.0. The van der Waals surface area contributed by atoms with Gasteiger partial charge in [0.15, 0.2) is 0 Å². The van der Waals surface area contributed by atoms with Gasteiger partial charge in [0.05, 0.1) is 0 Å². The highest BCUT2D eigenvalue weighted by molar-refractivity contribution is 7.19. The number of thiazole rings is 3. The van der Waals surface area contributed by atoms with Gasteiger partial charge in [0.2, 0.25) is 21.6 Å². The third-order valence-electron chi connectivity index (χ3n) is 17.6. The minimum atomic E-state index is -0.562. The van der Waals surface area contributed by atoms with Gasteiger partial charge in [-0.05, 0) is 89.0 Å². The van der Waals surface area contributed by atoms with E-state index >= 15 is 0 Å². The Labute approximate surface area is 542 Å². The number of aryl methyl sites for hydroxylation is 4. The maximum atomic E-state index is 11.1. The smallest absolute Gasteiger partial charge is 0.310 e. The second-order valence-corrected chi connectivity index (χ2v) is 27.7. The molecule has 0 aliphatic carbocycles. The molecule has 0 amide bonds. The van der Waals surface area contributed by atoms with Crippen LogP contribution in [0, 0.1) is 6.92 Å². The standard InChI is InChI=1S/C38H40N4S2.C20H24N2O2.C9H10NS.C4H6O3.HI/c1-37(2)25-23-30-26(24-29(25)39(5)33(37)19-13-21-35-41(7)27-15-9-11-17-31(27)43-35)38(3,4)34(40(30)6)20-14-22-36-42(8)28-16-10-12-18-32(28)44-36;1-19(2)13-11-16-14(12-15(13)21(5)17(19)7-9-23)20(3,4)18(8-10-24)22(16)6;1-7-10(2)8-5-3-4-6-9(8)11-7;1-3(5)7-4(2)6;/h9-24H,1-8H3;7-12H,1-6H3;3-6H,1-2H3;1-2H3;1H/q+2;;+1;;/p-1/b;17-7-,18-8-;;;. The van der Waals surface area contributed by atoms with Gasteiger partial charge >= 0.3 is 11.9 Å². The maximum absolute atomic E-state index is 11.1. The number of aromatic nitrogens is 3. The summed E-state index contributed by atoms with van der Waals surface area (Å²) in [7, 11) is 14.8. The summed E-state index contributed by atoms with van der Waals surface area (Å²) in [5, 5.41) is 3.85. The number of hydrogen-bond acceptors (Lipinski definition) is 12. The van der Waals surface area contributed by atoms with E-state index in [4.69, 9.17) is 0 Å². The van der Waals surface area contributed by atoms with E-state index in [1.807, 2.05) is 48.1 Å². The van der Waals surface area contributed by atoms with Crippen LogP contribution >= 0.6 is 34.0 Å². The predicted molar refractivity (Wildman–Crippen MR) is 357 cm³/mol. The van der Waals surface area contributed by atoms with Gasteiger partial charge < -0.3 is 48.3 Å². The molecular weight excluding hydrogens is 1250 g/mol. The molecule has 12 nitrogen and oxygen atoms in total. The molecule has 0 atom stereocenters. The average molecular weight is 1330 g/mol. The van der Waals surface area contributed by atoms with Crippen LogP contribution in [0.2, 0.25) is 0 Å². The Kier molecular flexibility index (Phi) is 19.1. The molecule has 0 saturated carbocycles. The lowest BCUT2D eigenvalue weighted by molar-refractivity contribution is -0.646. The quantitative estimate of drug-likeness (QED) is 0.0402. The monoisotopic (exact) mass is 1330 g/mol. The molecule has 0 N–H and O–H groups in total. The Bertz CT molecular complexity index is 4010. The highest BCUT2D eigenvalue weighted by Crippen LogP contribution is 2.56. The Morgan fingerprint density at radius 3 is 0.989 bits per heavy atom. The van der Waals surface area contributed by atoms with Crippen LogP contribution in [0.25, 0.3) is 42.8 Å². The molecule has 0 bridgehead atoms. The molecule has 0 unspecified atom stereocenters. The maximum Gasteiger partial charge on any atom is 0.310 e. The first-order chi connectivity index (χ1) is 40.6. The Balaban J connectivity index is 0.000000189. The summed E-state index contributed by atoms with van der Waals surface area (Å²) in [4.78, 5) is 50.7. The van der Waals surface area contributed by atoms with Gasteiger partial charge in [0.25, 0.3) is 10.0 Å². The molecule has 87 heavy (non-hydrogen) atoms. The zero-order chi connectivity index (χ0) is 62.5. The van der Waals surface area contributed by atoms with E-state index in [-0.39, 0.29) is 45.6 Å². The number of benzene rings is 5. The summed E-state index contributed by atoms with van der Waals surface area (Å²) < 4.78 is 14.7. The van der Waals surface area contributed by atoms with Gasteiger partial charge in [-0.2, -0.15) is 13.7 Å². The molecule has 8 aromatic rings. The largest absolute Gasteiger partial charge is 1.00 e. The van der Waals surface area contributed by atoms with Crippen LogP contribution in [0.5, 0.6) is 0 Å². The number of nitrogens with zero attached hydrogens (tertiary/aromatic N) is 7. The fourth-order valence-electron chi connectivity index (χ4n) is 12.8. The number of ether oxygens (including phenoxy) is 1. The summed E-state index contributed by atoms with van der Waals surface area (Å²) in [5.41, 5.74) is 17.8. The number of carbonyl (C=O) groups is 4. The molecule has 0 saturated heterocycles. The Morgan fingerprint density at radius 2 is 0.724 bits per heavy atom. The molecule has 12 rings (SSSR count). The van der Waals surface area contributed by atoms with Crippen molar-refractivity contribution in [2.24, 2.45) is 21.1 Å². The first-order valence-corrected chi connectivity index (χ1v) is 31.2. The highest BCUT2D eigenvalue weighted by Gasteiger charge is 2.46. The van der Waals surface area contributed by atoms with E-state index in [1.165, 1.54) is 105 Å². The number of para-hydroxylation sites is 3. The summed E-state index contributed by atoms with van der Waals surface area (Å²) in [5.74, 6) is -1.12. The number of hydrogen-bond donors (Lipinski definition) is 0. The molecule has 7 heterocycles. The van der Waals surface area contributed by atoms with Crippen molar-refractivity contribution in [3.8, 4) is 0 Å². The van der Waals surface area contributed by atoms with E-state index in [0.29, 0.717) is 0 Å². The molecule has 0 fully saturated rings. The first-order valence-electron chi connectivity index (χ1n) is 28.8. The first kappa shape index (κ1) is 65.6. The predicted octanol–water partition coefficient (Wildman–Crippen LogP) is 10.9. The third kappa shape index (κ3) is 12.1. The van der Waals surface area contributed by atoms with Gasteiger partial charge in [-0.25, -0.2) is 0 Å². The number of fused-ring (bicyclic) bond motifs is 7. The molecule has 4 aliphatic heterocycles.